The number of phenols is 1. The van der Waals surface area contributed by atoms with Gasteiger partial charge in [0.25, 0.3) is 0 Å². The van der Waals surface area contributed by atoms with Crippen LogP contribution in [-0.4, -0.2) is 10.9 Å². The minimum absolute atomic E-state index is 0.0634. The van der Waals surface area contributed by atoms with Gasteiger partial charge in [-0.15, -0.1) is 0 Å². The van der Waals surface area contributed by atoms with Crippen LogP contribution in [0.2, 0.25) is 5.02 Å². The Hall–Kier alpha value is -1.28. The number of carbonyl (C=O) groups excluding carboxylic acids is 1. The molecule has 0 unspecified atom stereocenters. The molecule has 0 spiro atoms. The van der Waals surface area contributed by atoms with Gasteiger partial charge in [-0.1, -0.05) is 17.7 Å². The van der Waals surface area contributed by atoms with Gasteiger partial charge < -0.3 is 5.11 Å². The lowest BCUT2D eigenvalue weighted by Gasteiger charge is -2.02. The molecule has 0 atom stereocenters. The van der Waals surface area contributed by atoms with Crippen molar-refractivity contribution in [3.8, 4) is 5.75 Å². The molecule has 0 bridgehead atoms. The lowest BCUT2D eigenvalue weighted by molar-refractivity contribution is 0.104. The van der Waals surface area contributed by atoms with E-state index in [1.807, 2.05) is 25.7 Å². The summed E-state index contributed by atoms with van der Waals surface area (Å²) < 4.78 is 0. The van der Waals surface area contributed by atoms with E-state index in [-0.39, 0.29) is 17.1 Å². The first-order valence-electron chi connectivity index (χ1n) is 5.09. The SMILES string of the molecule is O=C(/C=C/[C]1[CH][CH][CH][CH]1)c1cc(Cl)ccc1O. The standard InChI is InChI=1S/C14H10ClO2/c15-11-6-8-14(17)12(9-11)13(16)7-5-10-3-1-2-4-10/h1-9,17H/b7-5+. The van der Waals surface area contributed by atoms with Crippen molar-refractivity contribution in [3.63, 3.8) is 0 Å². The molecule has 1 fully saturated rings. The quantitative estimate of drug-likeness (QED) is 0.656. The first-order valence-corrected chi connectivity index (χ1v) is 5.47. The van der Waals surface area contributed by atoms with E-state index in [0.29, 0.717) is 5.02 Å². The first-order chi connectivity index (χ1) is 8.16. The fourth-order valence-corrected chi connectivity index (χ4v) is 1.64. The summed E-state index contributed by atoms with van der Waals surface area (Å²) in [5.74, 6) is 0.609. The number of carbonyl (C=O) groups is 1. The van der Waals surface area contributed by atoms with Crippen molar-refractivity contribution < 1.29 is 9.90 Å². The lowest BCUT2D eigenvalue weighted by atomic mass is 10.0. The van der Waals surface area contributed by atoms with Gasteiger partial charge in [0.05, 0.1) is 5.56 Å². The Morgan fingerprint density at radius 1 is 1.24 bits per heavy atom. The molecule has 1 aliphatic rings. The topological polar surface area (TPSA) is 37.3 Å². The van der Waals surface area contributed by atoms with Crippen LogP contribution in [0.25, 0.3) is 0 Å². The average molecular weight is 246 g/mol. The van der Waals surface area contributed by atoms with Gasteiger partial charge in [-0.3, -0.25) is 4.79 Å². The van der Waals surface area contributed by atoms with Crippen molar-refractivity contribution in [3.05, 3.63) is 72.5 Å². The second-order valence-corrected chi connectivity index (χ2v) is 4.01. The molecule has 5 radical (unpaired) electrons. The molecule has 85 valence electrons. The molecule has 1 aromatic carbocycles. The monoisotopic (exact) mass is 245 g/mol. The van der Waals surface area contributed by atoms with E-state index in [0.717, 1.165) is 5.92 Å². The van der Waals surface area contributed by atoms with Gasteiger partial charge in [0.1, 0.15) is 5.75 Å². The van der Waals surface area contributed by atoms with Crippen molar-refractivity contribution in [1.29, 1.82) is 0 Å². The summed E-state index contributed by atoms with van der Waals surface area (Å²) in [6.07, 6.45) is 10.7. The van der Waals surface area contributed by atoms with Crippen molar-refractivity contribution in [2.45, 2.75) is 0 Å². The maximum absolute atomic E-state index is 11.8. The number of aromatic hydroxyl groups is 1. The molecular weight excluding hydrogens is 236 g/mol. The summed E-state index contributed by atoms with van der Waals surface area (Å²) in [4.78, 5) is 11.8. The highest BCUT2D eigenvalue weighted by molar-refractivity contribution is 6.31. The molecule has 1 saturated carbocycles. The maximum Gasteiger partial charge on any atom is 0.189 e. The van der Waals surface area contributed by atoms with Crippen LogP contribution in [-0.2, 0) is 0 Å². The molecular formula is C14H10ClO2. The molecule has 17 heavy (non-hydrogen) atoms. The van der Waals surface area contributed by atoms with Gasteiger partial charge in [-0.2, -0.15) is 0 Å². The molecule has 1 aliphatic carbocycles. The lowest BCUT2D eigenvalue weighted by Crippen LogP contribution is -1.96. The highest BCUT2D eigenvalue weighted by atomic mass is 35.5. The predicted molar refractivity (Wildman–Crippen MR) is 67.0 cm³/mol. The van der Waals surface area contributed by atoms with E-state index in [4.69, 9.17) is 11.6 Å². The molecule has 3 heteroatoms. The summed E-state index contributed by atoms with van der Waals surface area (Å²) in [6.45, 7) is 0. The smallest absolute Gasteiger partial charge is 0.189 e. The Morgan fingerprint density at radius 2 is 1.94 bits per heavy atom. The van der Waals surface area contributed by atoms with Crippen LogP contribution in [0.1, 0.15) is 10.4 Å². The number of benzene rings is 1. The molecule has 2 rings (SSSR count). The molecule has 0 aliphatic heterocycles. The third-order valence-electron chi connectivity index (χ3n) is 2.34. The zero-order chi connectivity index (χ0) is 12.3. The van der Waals surface area contributed by atoms with Gasteiger partial charge in [0, 0.05) is 10.9 Å². The maximum atomic E-state index is 11.8. The van der Waals surface area contributed by atoms with Gasteiger partial charge >= 0.3 is 0 Å². The van der Waals surface area contributed by atoms with Crippen LogP contribution < -0.4 is 0 Å². The van der Waals surface area contributed by atoms with Crippen LogP contribution in [0.5, 0.6) is 5.75 Å². The Labute approximate surface area is 106 Å². The van der Waals surface area contributed by atoms with Crippen molar-refractivity contribution in [2.24, 2.45) is 0 Å². The fourth-order valence-electron chi connectivity index (χ4n) is 1.47. The predicted octanol–water partition coefficient (Wildman–Crippen LogP) is 3.19. The highest BCUT2D eigenvalue weighted by Gasteiger charge is 2.15. The zero-order valence-electron chi connectivity index (χ0n) is 8.93. The number of hydrogen-bond acceptors (Lipinski definition) is 2. The van der Waals surface area contributed by atoms with Crippen LogP contribution in [0.15, 0.2) is 30.4 Å². The van der Waals surface area contributed by atoms with E-state index in [1.165, 1.54) is 24.3 Å². The molecule has 1 N–H and O–H groups in total. The normalized spacial score (nSPS) is 16.8. The molecule has 1 aromatic rings. The summed E-state index contributed by atoms with van der Waals surface area (Å²) in [7, 11) is 0. The van der Waals surface area contributed by atoms with Crippen LogP contribution in [0, 0.1) is 31.6 Å². The zero-order valence-corrected chi connectivity index (χ0v) is 9.69. The van der Waals surface area contributed by atoms with Gasteiger partial charge in [0.15, 0.2) is 5.78 Å². The van der Waals surface area contributed by atoms with Crippen molar-refractivity contribution in [2.75, 3.05) is 0 Å². The third-order valence-corrected chi connectivity index (χ3v) is 2.57. The summed E-state index contributed by atoms with van der Waals surface area (Å²) >= 11 is 5.77. The van der Waals surface area contributed by atoms with Gasteiger partial charge in [0.2, 0.25) is 0 Å². The highest BCUT2D eigenvalue weighted by Crippen LogP contribution is 2.25. The summed E-state index contributed by atoms with van der Waals surface area (Å²) in [5, 5.41) is 9.97. The van der Waals surface area contributed by atoms with E-state index in [9.17, 15) is 9.90 Å². The number of phenolic OH excluding ortho intramolecular Hbond substituents is 1. The first kappa shape index (κ1) is 12.2. The number of hydrogen-bond donors (Lipinski definition) is 1. The third kappa shape index (κ3) is 3.10. The summed E-state index contributed by atoms with van der Waals surface area (Å²) in [6, 6.07) is 4.40. The van der Waals surface area contributed by atoms with Crippen molar-refractivity contribution in [1.82, 2.24) is 0 Å². The van der Waals surface area contributed by atoms with Crippen LogP contribution >= 0.6 is 11.6 Å². The largest absolute Gasteiger partial charge is 0.507 e. The Bertz CT molecular complexity index is 446. The van der Waals surface area contributed by atoms with E-state index >= 15 is 0 Å². The van der Waals surface area contributed by atoms with E-state index < -0.39 is 0 Å². The van der Waals surface area contributed by atoms with E-state index in [1.54, 1.807) is 6.08 Å². The molecule has 2 nitrogen and oxygen atoms in total. The van der Waals surface area contributed by atoms with Crippen LogP contribution in [0.4, 0.5) is 0 Å². The summed E-state index contributed by atoms with van der Waals surface area (Å²) in [5.41, 5.74) is 0.209. The number of ketones is 1. The van der Waals surface area contributed by atoms with Crippen molar-refractivity contribution >= 4 is 17.4 Å². The molecule has 0 saturated heterocycles. The fraction of sp³-hybridized carbons (Fsp3) is 0. The minimum atomic E-state index is -0.272. The Morgan fingerprint density at radius 3 is 2.65 bits per heavy atom. The second-order valence-electron chi connectivity index (χ2n) is 3.58. The number of allylic oxidation sites excluding steroid dienone is 2. The molecule has 0 heterocycles. The van der Waals surface area contributed by atoms with Gasteiger partial charge in [-0.25, -0.2) is 0 Å². The Kier molecular flexibility index (Phi) is 3.85. The number of halogens is 1. The molecule has 0 aromatic heterocycles. The number of rotatable bonds is 3. The minimum Gasteiger partial charge on any atom is -0.507 e. The average Bonchev–Trinajstić information content (AvgIpc) is 2.82. The Balaban J connectivity index is 2.10. The second kappa shape index (κ2) is 5.37. The van der Waals surface area contributed by atoms with Crippen LogP contribution in [0.3, 0.4) is 0 Å². The van der Waals surface area contributed by atoms with Gasteiger partial charge in [-0.05, 0) is 50.0 Å². The molecule has 0 amide bonds. The van der Waals surface area contributed by atoms with E-state index in [2.05, 4.69) is 0 Å².